The van der Waals surface area contributed by atoms with E-state index in [4.69, 9.17) is 17.7 Å². The molecule has 3 aromatic rings. The lowest BCUT2D eigenvalue weighted by Gasteiger charge is -2.20. The third-order valence-electron chi connectivity index (χ3n) is 5.46. The largest absolute Gasteiger partial charge is 0.489 e. The summed E-state index contributed by atoms with van der Waals surface area (Å²) in [6, 6.07) is 13.6. The van der Waals surface area contributed by atoms with Gasteiger partial charge >= 0.3 is 0 Å². The van der Waals surface area contributed by atoms with Crippen molar-refractivity contribution in [3.8, 4) is 5.75 Å². The zero-order valence-corrected chi connectivity index (χ0v) is 20.3. The van der Waals surface area contributed by atoms with Crippen molar-refractivity contribution < 1.29 is 20.8 Å². The Morgan fingerprint density at radius 3 is 2.83 bits per heavy atom. The van der Waals surface area contributed by atoms with Crippen LogP contribution >= 0.6 is 11.6 Å². The number of carbonyl (C=O) groups is 2. The number of hydrogen-bond donors (Lipinski definition) is 3. The molecule has 0 saturated carbocycles. The van der Waals surface area contributed by atoms with E-state index >= 15 is 0 Å². The van der Waals surface area contributed by atoms with Crippen LogP contribution in [0.1, 0.15) is 41.4 Å². The molecule has 1 aromatic heterocycles. The van der Waals surface area contributed by atoms with E-state index in [1.165, 1.54) is 4.90 Å². The van der Waals surface area contributed by atoms with Gasteiger partial charge in [-0.3, -0.25) is 14.7 Å². The molecule has 0 aliphatic carbocycles. The first-order valence-corrected chi connectivity index (χ1v) is 11.3. The number of rotatable bonds is 6. The number of halogens is 1. The van der Waals surface area contributed by atoms with E-state index in [0.29, 0.717) is 29.2 Å². The lowest BCUT2D eigenvalue weighted by molar-refractivity contribution is -0.120. The fraction of sp³-hybridized carbons (Fsp3) is 0.280. The number of anilines is 1. The van der Waals surface area contributed by atoms with Crippen LogP contribution in [0.15, 0.2) is 53.6 Å². The molecule has 10 heteroatoms. The van der Waals surface area contributed by atoms with Crippen molar-refractivity contribution in [3.63, 3.8) is 0 Å². The van der Waals surface area contributed by atoms with Crippen LogP contribution in [0.2, 0.25) is 1.41 Å². The molecule has 0 bridgehead atoms. The van der Waals surface area contributed by atoms with Crippen LogP contribution < -0.4 is 15.0 Å². The van der Waals surface area contributed by atoms with Crippen molar-refractivity contribution in [2.45, 2.75) is 31.9 Å². The van der Waals surface area contributed by atoms with Gasteiger partial charge in [0.2, 0.25) is 5.82 Å². The van der Waals surface area contributed by atoms with Gasteiger partial charge in [-0.05, 0) is 43.2 Å². The summed E-state index contributed by atoms with van der Waals surface area (Å²) in [5.41, 5.74) is 0.880. The summed E-state index contributed by atoms with van der Waals surface area (Å²) in [5, 5.41) is 17.6. The van der Waals surface area contributed by atoms with E-state index in [1.807, 2.05) is 30.3 Å². The molecule has 1 aliphatic rings. The minimum Gasteiger partial charge on any atom is -0.489 e. The highest BCUT2D eigenvalue weighted by Gasteiger charge is 2.32. The maximum absolute atomic E-state index is 13.1. The van der Waals surface area contributed by atoms with Crippen molar-refractivity contribution >= 4 is 35.2 Å². The predicted octanol–water partition coefficient (Wildman–Crippen LogP) is 2.90. The van der Waals surface area contributed by atoms with E-state index < -0.39 is 23.5 Å². The zero-order chi connectivity index (χ0) is 26.0. The summed E-state index contributed by atoms with van der Waals surface area (Å²) < 4.78 is 13.8. The van der Waals surface area contributed by atoms with Gasteiger partial charge in [0, 0.05) is 18.5 Å². The second-order valence-corrected chi connectivity index (χ2v) is 9.13. The number of hydrogen-bond acceptors (Lipinski definition) is 6. The number of nitrogens with zero attached hydrogens (tertiary/aromatic N) is 3. The SMILES string of the molecule is [2H]n1nc(C(=O)N[C@H]2COc3ccc(/C=C(\Cl)C(C)(C)O)cc3N(C)C2=O)nc1Cc1ccccc1. The predicted molar refractivity (Wildman–Crippen MR) is 132 cm³/mol. The Labute approximate surface area is 209 Å². The second-order valence-electron chi connectivity index (χ2n) is 8.73. The molecule has 0 spiro atoms. The lowest BCUT2D eigenvalue weighted by Crippen LogP contribution is -2.49. The van der Waals surface area contributed by atoms with Crippen LogP contribution in [0.3, 0.4) is 0 Å². The van der Waals surface area contributed by atoms with Crippen molar-refractivity contribution in [1.82, 2.24) is 20.5 Å². The first-order valence-electron chi connectivity index (χ1n) is 11.4. The van der Waals surface area contributed by atoms with Crippen LogP contribution in [0.5, 0.6) is 5.75 Å². The Balaban J connectivity index is 1.49. The Bertz CT molecular complexity index is 1320. The van der Waals surface area contributed by atoms with Crippen LogP contribution in [-0.2, 0) is 11.2 Å². The number of nitrogens with one attached hydrogen (secondary N) is 2. The van der Waals surface area contributed by atoms with Crippen molar-refractivity contribution in [2.75, 3.05) is 18.6 Å². The topological polar surface area (TPSA) is 120 Å². The molecule has 2 heterocycles. The first-order chi connectivity index (χ1) is 17.0. The summed E-state index contributed by atoms with van der Waals surface area (Å²) >= 11 is 6.19. The van der Waals surface area contributed by atoms with Gasteiger partial charge in [0.25, 0.3) is 11.8 Å². The molecular weight excluding hydrogens is 470 g/mol. The number of benzene rings is 2. The third-order valence-corrected chi connectivity index (χ3v) is 6.04. The fourth-order valence-corrected chi connectivity index (χ4v) is 3.60. The van der Waals surface area contributed by atoms with Crippen LogP contribution in [0.25, 0.3) is 6.08 Å². The quantitative estimate of drug-likeness (QED) is 0.482. The number of amides is 2. The molecule has 3 N–H and O–H groups in total. The highest BCUT2D eigenvalue weighted by atomic mass is 35.5. The Morgan fingerprint density at radius 1 is 1.37 bits per heavy atom. The molecule has 0 unspecified atom stereocenters. The molecule has 1 aliphatic heterocycles. The fourth-order valence-electron chi connectivity index (χ4n) is 3.48. The molecule has 0 saturated heterocycles. The summed E-state index contributed by atoms with van der Waals surface area (Å²) in [5.74, 6) is -0.534. The van der Waals surface area contributed by atoms with E-state index in [0.717, 1.165) is 10.7 Å². The van der Waals surface area contributed by atoms with Gasteiger partial charge in [-0.1, -0.05) is 48.0 Å². The van der Waals surface area contributed by atoms with E-state index in [2.05, 4.69) is 15.4 Å². The van der Waals surface area contributed by atoms with E-state index in [1.54, 1.807) is 45.2 Å². The van der Waals surface area contributed by atoms with Crippen molar-refractivity contribution in [1.29, 1.82) is 0 Å². The third kappa shape index (κ3) is 5.70. The molecule has 1 atom stereocenters. The molecule has 4 rings (SSSR count). The zero-order valence-electron chi connectivity index (χ0n) is 20.5. The average Bonchev–Trinajstić information content (AvgIpc) is 3.16. The highest BCUT2D eigenvalue weighted by molar-refractivity contribution is 6.32. The number of fused-ring (bicyclic) bond motifs is 1. The number of likely N-dealkylation sites (N-methyl/N-ethyl adjacent to an activating group) is 1. The number of aliphatic hydroxyl groups is 1. The van der Waals surface area contributed by atoms with Gasteiger partial charge in [-0.2, -0.15) is 0 Å². The van der Waals surface area contributed by atoms with Gasteiger partial charge in [0.1, 0.15) is 24.2 Å². The standard InChI is InChI=1S/C25H26ClN5O4/c1-25(2,34)20(26)12-16-9-10-19-18(11-16)31(3)24(33)17(14-35-19)27-23(32)22-28-21(29-30-22)13-15-7-5-4-6-8-15/h4-12,17,34H,13-14H2,1-3H3,(H,27,32)(H,28,29,30)/b20-12-/t17-/m0/s1/i/hD. The molecule has 9 nitrogen and oxygen atoms in total. The monoisotopic (exact) mass is 496 g/mol. The lowest BCUT2D eigenvalue weighted by atomic mass is 10.1. The molecule has 2 amide bonds. The number of aromatic amines is 1. The minimum atomic E-state index is -1.21. The molecule has 35 heavy (non-hydrogen) atoms. The number of ether oxygens (including phenoxy) is 1. The number of H-pyrrole nitrogens is 1. The smallest absolute Gasteiger partial charge is 0.291 e. The highest BCUT2D eigenvalue weighted by Crippen LogP contribution is 2.33. The average molecular weight is 497 g/mol. The number of carbonyl (C=O) groups excluding carboxylic acids is 2. The molecule has 0 radical (unpaired) electrons. The molecule has 0 fully saturated rings. The maximum atomic E-state index is 13.1. The minimum absolute atomic E-state index is 0.0972. The summed E-state index contributed by atoms with van der Waals surface area (Å²) in [6.45, 7) is 3.05. The van der Waals surface area contributed by atoms with E-state index in [9.17, 15) is 14.7 Å². The van der Waals surface area contributed by atoms with Crippen molar-refractivity contribution in [2.24, 2.45) is 0 Å². The number of aromatic nitrogens is 3. The summed E-state index contributed by atoms with van der Waals surface area (Å²) in [6.07, 6.45) is 1.95. The maximum Gasteiger partial charge on any atom is 0.291 e. The van der Waals surface area contributed by atoms with Gasteiger partial charge in [-0.15, -0.1) is 5.10 Å². The normalized spacial score (nSPS) is 16.8. The molecule has 2 aromatic carbocycles. The van der Waals surface area contributed by atoms with Crippen LogP contribution in [0, 0.1) is 0 Å². The Morgan fingerprint density at radius 2 is 2.11 bits per heavy atom. The Hall–Kier alpha value is -3.69. The first kappa shape index (κ1) is 23.1. The summed E-state index contributed by atoms with van der Waals surface area (Å²) in [7, 11) is 1.58. The summed E-state index contributed by atoms with van der Waals surface area (Å²) in [4.78, 5) is 31.6. The second kappa shape index (κ2) is 9.89. The van der Waals surface area contributed by atoms with Crippen molar-refractivity contribution in [3.05, 3.63) is 76.3 Å². The van der Waals surface area contributed by atoms with Crippen LogP contribution in [0.4, 0.5) is 5.69 Å². The van der Waals surface area contributed by atoms with Crippen LogP contribution in [-0.4, -0.2) is 57.4 Å². The van der Waals surface area contributed by atoms with Gasteiger partial charge in [-0.25, -0.2) is 4.98 Å². The van der Waals surface area contributed by atoms with Gasteiger partial charge in [0.15, 0.2) is 1.41 Å². The molecular formula is C25H26ClN5O4. The van der Waals surface area contributed by atoms with Gasteiger partial charge < -0.3 is 20.1 Å². The van der Waals surface area contributed by atoms with Gasteiger partial charge in [0.05, 0.1) is 11.3 Å². The van der Waals surface area contributed by atoms with E-state index in [-0.39, 0.29) is 17.5 Å². The molecule has 182 valence electrons. The Kier molecular flexibility index (Phi) is 6.52.